The van der Waals surface area contributed by atoms with Gasteiger partial charge in [-0.2, -0.15) is 5.10 Å². The normalized spacial score (nSPS) is 13.9. The number of aromatic nitrogens is 2. The van der Waals surface area contributed by atoms with E-state index < -0.39 is 11.6 Å². The van der Waals surface area contributed by atoms with E-state index in [0.717, 1.165) is 35.5 Å². The summed E-state index contributed by atoms with van der Waals surface area (Å²) in [5, 5.41) is 7.57. The highest BCUT2D eigenvalue weighted by molar-refractivity contribution is 5.72. The summed E-state index contributed by atoms with van der Waals surface area (Å²) in [5.41, 5.74) is 1.49. The molecule has 8 heteroatoms. The third kappa shape index (κ3) is 5.67. The number of H-pyrrole nitrogens is 1. The Morgan fingerprint density at radius 2 is 1.96 bits per heavy atom. The van der Waals surface area contributed by atoms with Gasteiger partial charge in [-0.25, -0.2) is 10.2 Å². The number of ether oxygens (including phenoxy) is 1. The first kappa shape index (κ1) is 19.1. The Balaban J connectivity index is 1.89. The molecule has 0 saturated heterocycles. The summed E-state index contributed by atoms with van der Waals surface area (Å²) in [6, 6.07) is 0. The zero-order chi connectivity index (χ0) is 18.4. The SMILES string of the molecule is CC(C)(C)ON(C=O)CCOC(=O)Cc1n[nH]c(=O)c2c1CCCC2. The maximum absolute atomic E-state index is 12.0. The van der Waals surface area contributed by atoms with Crippen LogP contribution in [0.4, 0.5) is 0 Å². The Hall–Kier alpha value is -2.22. The minimum Gasteiger partial charge on any atom is -0.463 e. The van der Waals surface area contributed by atoms with Crippen molar-refractivity contribution in [1.29, 1.82) is 0 Å². The van der Waals surface area contributed by atoms with Crippen LogP contribution in [0.25, 0.3) is 0 Å². The summed E-state index contributed by atoms with van der Waals surface area (Å²) in [7, 11) is 0. The zero-order valence-electron chi connectivity index (χ0n) is 15.0. The minimum absolute atomic E-state index is 0.000328. The van der Waals surface area contributed by atoms with Crippen LogP contribution in [0.2, 0.25) is 0 Å². The van der Waals surface area contributed by atoms with Gasteiger partial charge >= 0.3 is 5.97 Å². The van der Waals surface area contributed by atoms with Crippen molar-refractivity contribution < 1.29 is 19.2 Å². The largest absolute Gasteiger partial charge is 0.463 e. The van der Waals surface area contributed by atoms with Crippen LogP contribution in [0.1, 0.15) is 50.4 Å². The fraction of sp³-hybridized carbons (Fsp3) is 0.647. The Labute approximate surface area is 146 Å². The number of carbonyl (C=O) groups excluding carboxylic acids is 2. The third-order valence-electron chi connectivity index (χ3n) is 3.78. The second kappa shape index (κ2) is 8.24. The van der Waals surface area contributed by atoms with Crippen LogP contribution in [0.5, 0.6) is 0 Å². The van der Waals surface area contributed by atoms with Gasteiger partial charge in [-0.05, 0) is 52.0 Å². The van der Waals surface area contributed by atoms with Crippen LogP contribution in [-0.4, -0.2) is 46.4 Å². The van der Waals surface area contributed by atoms with E-state index in [-0.39, 0.29) is 25.1 Å². The first-order valence-corrected chi connectivity index (χ1v) is 8.46. The predicted molar refractivity (Wildman–Crippen MR) is 89.8 cm³/mol. The van der Waals surface area contributed by atoms with Gasteiger partial charge < -0.3 is 4.74 Å². The summed E-state index contributed by atoms with van der Waals surface area (Å²) >= 11 is 0. The maximum atomic E-state index is 12.0. The van der Waals surface area contributed by atoms with Crippen molar-refractivity contribution in [3.05, 3.63) is 27.2 Å². The molecule has 0 radical (unpaired) electrons. The topological polar surface area (TPSA) is 102 Å². The molecule has 0 spiro atoms. The van der Waals surface area contributed by atoms with Crippen LogP contribution < -0.4 is 5.56 Å². The lowest BCUT2D eigenvalue weighted by Crippen LogP contribution is -2.35. The van der Waals surface area contributed by atoms with E-state index in [0.29, 0.717) is 18.5 Å². The lowest BCUT2D eigenvalue weighted by Gasteiger charge is -2.26. The molecule has 0 atom stereocenters. The number of carbonyl (C=O) groups is 2. The number of hydrogen-bond donors (Lipinski definition) is 1. The summed E-state index contributed by atoms with van der Waals surface area (Å²) in [4.78, 5) is 40.2. The van der Waals surface area contributed by atoms with Crippen molar-refractivity contribution in [3.8, 4) is 0 Å². The molecule has 8 nitrogen and oxygen atoms in total. The molecule has 1 N–H and O–H groups in total. The molecule has 0 saturated carbocycles. The fourth-order valence-electron chi connectivity index (χ4n) is 2.78. The molecular formula is C17H25N3O5. The summed E-state index contributed by atoms with van der Waals surface area (Å²) in [6.45, 7) is 5.63. The smallest absolute Gasteiger partial charge is 0.312 e. The number of nitrogens with one attached hydrogen (secondary N) is 1. The first-order chi connectivity index (χ1) is 11.8. The number of rotatable bonds is 7. The first-order valence-electron chi connectivity index (χ1n) is 8.46. The Bertz CT molecular complexity index is 678. The molecule has 138 valence electrons. The Morgan fingerprint density at radius 3 is 2.60 bits per heavy atom. The number of amides is 1. The molecule has 0 aliphatic heterocycles. The van der Waals surface area contributed by atoms with Crippen LogP contribution in [0, 0.1) is 0 Å². The van der Waals surface area contributed by atoms with E-state index in [1.54, 1.807) is 0 Å². The number of fused-ring (bicyclic) bond motifs is 1. The molecule has 1 aromatic rings. The second-order valence-corrected chi connectivity index (χ2v) is 7.01. The van der Waals surface area contributed by atoms with Gasteiger partial charge in [-0.15, -0.1) is 0 Å². The Kier molecular flexibility index (Phi) is 6.30. The predicted octanol–water partition coefficient (Wildman–Crippen LogP) is 0.923. The average Bonchev–Trinajstić information content (AvgIpc) is 2.55. The lowest BCUT2D eigenvalue weighted by atomic mass is 9.91. The summed E-state index contributed by atoms with van der Waals surface area (Å²) in [5.74, 6) is -0.450. The maximum Gasteiger partial charge on any atom is 0.312 e. The van der Waals surface area contributed by atoms with Crippen molar-refractivity contribution in [2.24, 2.45) is 0 Å². The van der Waals surface area contributed by atoms with Crippen molar-refractivity contribution in [3.63, 3.8) is 0 Å². The number of aromatic amines is 1. The van der Waals surface area contributed by atoms with Crippen molar-refractivity contribution in [2.75, 3.05) is 13.2 Å². The zero-order valence-corrected chi connectivity index (χ0v) is 15.0. The minimum atomic E-state index is -0.510. The lowest BCUT2D eigenvalue weighted by molar-refractivity contribution is -0.219. The molecule has 1 aliphatic carbocycles. The molecular weight excluding hydrogens is 326 g/mol. The molecule has 25 heavy (non-hydrogen) atoms. The molecule has 0 fully saturated rings. The molecule has 1 heterocycles. The second-order valence-electron chi connectivity index (χ2n) is 7.01. The van der Waals surface area contributed by atoms with E-state index in [1.807, 2.05) is 20.8 Å². The van der Waals surface area contributed by atoms with Crippen LogP contribution in [0.15, 0.2) is 4.79 Å². The van der Waals surface area contributed by atoms with E-state index >= 15 is 0 Å². The number of hydrogen-bond acceptors (Lipinski definition) is 6. The van der Waals surface area contributed by atoms with Crippen LogP contribution >= 0.6 is 0 Å². The number of esters is 1. The molecule has 0 aromatic carbocycles. The molecule has 1 amide bonds. The van der Waals surface area contributed by atoms with E-state index in [1.165, 1.54) is 0 Å². The molecule has 1 aliphatic rings. The molecule has 0 unspecified atom stereocenters. The molecule has 2 rings (SSSR count). The summed E-state index contributed by atoms with van der Waals surface area (Å²) in [6.07, 6.45) is 3.98. The van der Waals surface area contributed by atoms with Gasteiger partial charge in [0.25, 0.3) is 5.56 Å². The van der Waals surface area contributed by atoms with Gasteiger partial charge in [0.05, 0.1) is 24.3 Å². The highest BCUT2D eigenvalue weighted by Crippen LogP contribution is 2.20. The Morgan fingerprint density at radius 1 is 1.28 bits per heavy atom. The third-order valence-corrected chi connectivity index (χ3v) is 3.78. The van der Waals surface area contributed by atoms with E-state index in [2.05, 4.69) is 10.2 Å². The highest BCUT2D eigenvalue weighted by Gasteiger charge is 2.20. The van der Waals surface area contributed by atoms with Gasteiger partial charge in [-0.3, -0.25) is 19.2 Å². The van der Waals surface area contributed by atoms with Crippen molar-refractivity contribution in [2.45, 2.75) is 58.5 Å². The van der Waals surface area contributed by atoms with Crippen molar-refractivity contribution in [1.82, 2.24) is 15.3 Å². The average molecular weight is 351 g/mol. The van der Waals surface area contributed by atoms with Crippen LogP contribution in [-0.2, 0) is 38.4 Å². The van der Waals surface area contributed by atoms with Gasteiger partial charge in [0.15, 0.2) is 0 Å². The molecule has 1 aromatic heterocycles. The van der Waals surface area contributed by atoms with Crippen LogP contribution in [0.3, 0.4) is 0 Å². The number of hydroxylamine groups is 2. The van der Waals surface area contributed by atoms with E-state index in [9.17, 15) is 14.4 Å². The summed E-state index contributed by atoms with van der Waals surface area (Å²) < 4.78 is 5.16. The standard InChI is InChI=1S/C17H25N3O5/c1-17(2,3)25-20(11-21)8-9-24-15(22)10-14-12-6-4-5-7-13(12)16(23)19-18-14/h11H,4-10H2,1-3H3,(H,19,23). The highest BCUT2D eigenvalue weighted by atomic mass is 16.7. The van der Waals surface area contributed by atoms with Gasteiger partial charge in [0.1, 0.15) is 6.61 Å². The van der Waals surface area contributed by atoms with Gasteiger partial charge in [-0.1, -0.05) is 0 Å². The van der Waals surface area contributed by atoms with Gasteiger partial charge in [0, 0.05) is 5.56 Å². The van der Waals surface area contributed by atoms with E-state index in [4.69, 9.17) is 9.57 Å². The van der Waals surface area contributed by atoms with Gasteiger partial charge in [0.2, 0.25) is 6.41 Å². The van der Waals surface area contributed by atoms with Crippen molar-refractivity contribution >= 4 is 12.4 Å². The number of nitrogens with zero attached hydrogens (tertiary/aromatic N) is 2. The quantitative estimate of drug-likeness (QED) is 0.445. The monoisotopic (exact) mass is 351 g/mol. The fourth-order valence-corrected chi connectivity index (χ4v) is 2.78. The molecule has 0 bridgehead atoms.